The number of nitriles is 1. The zero-order valence-electron chi connectivity index (χ0n) is 14.0. The summed E-state index contributed by atoms with van der Waals surface area (Å²) in [6.07, 6.45) is 1.61. The first-order valence-corrected chi connectivity index (χ1v) is 8.30. The summed E-state index contributed by atoms with van der Waals surface area (Å²) in [5.41, 5.74) is -0.471. The summed E-state index contributed by atoms with van der Waals surface area (Å²) < 4.78 is 5.53. The normalized spacial score (nSPS) is 19.1. The van der Waals surface area contributed by atoms with Gasteiger partial charge in [0.2, 0.25) is 5.28 Å². The van der Waals surface area contributed by atoms with Crippen LogP contribution in [0.25, 0.3) is 0 Å². The molecule has 1 aromatic rings. The molecule has 0 aromatic carbocycles. The lowest BCUT2D eigenvalue weighted by Gasteiger charge is -2.42. The lowest BCUT2D eigenvalue weighted by molar-refractivity contribution is 0.0106. The van der Waals surface area contributed by atoms with E-state index in [1.807, 2.05) is 31.7 Å². The van der Waals surface area contributed by atoms with Gasteiger partial charge < -0.3 is 9.64 Å². The third-order valence-corrected chi connectivity index (χ3v) is 4.39. The van der Waals surface area contributed by atoms with Crippen molar-refractivity contribution < 1.29 is 9.53 Å². The van der Waals surface area contributed by atoms with Gasteiger partial charge in [0, 0.05) is 25.7 Å². The monoisotopic (exact) mass is 349 g/mol. The Labute approximate surface area is 146 Å². The molecule has 0 bridgehead atoms. The van der Waals surface area contributed by atoms with Gasteiger partial charge in [-0.25, -0.2) is 14.8 Å². The van der Waals surface area contributed by atoms with Crippen molar-refractivity contribution in [3.8, 4) is 6.07 Å². The van der Waals surface area contributed by atoms with Crippen molar-refractivity contribution in [2.24, 2.45) is 0 Å². The number of piperazine rings is 1. The Bertz CT molecular complexity index is 705. The van der Waals surface area contributed by atoms with Gasteiger partial charge in [-0.05, 0) is 45.2 Å². The van der Waals surface area contributed by atoms with Crippen molar-refractivity contribution in [1.29, 1.82) is 5.26 Å². The van der Waals surface area contributed by atoms with Crippen LogP contribution in [-0.4, -0.2) is 51.7 Å². The number of nitrogens with zero attached hydrogens (tertiary/aromatic N) is 5. The molecule has 0 atom stereocenters. The van der Waals surface area contributed by atoms with Crippen LogP contribution in [0.4, 0.5) is 10.6 Å². The van der Waals surface area contributed by atoms with Gasteiger partial charge in [-0.1, -0.05) is 0 Å². The van der Waals surface area contributed by atoms with E-state index in [1.54, 1.807) is 6.07 Å². The van der Waals surface area contributed by atoms with Gasteiger partial charge in [0.05, 0.1) is 5.54 Å². The molecule has 0 unspecified atom stereocenters. The number of rotatable bonds is 1. The number of carbonyl (C=O) groups is 1. The molecule has 1 aliphatic carbocycles. The van der Waals surface area contributed by atoms with Gasteiger partial charge in [0.15, 0.2) is 0 Å². The smallest absolute Gasteiger partial charge is 0.410 e. The third kappa shape index (κ3) is 3.39. The summed E-state index contributed by atoms with van der Waals surface area (Å²) in [5, 5.41) is 9.09. The molecule has 1 saturated carbocycles. The molecule has 1 aliphatic heterocycles. The first kappa shape index (κ1) is 16.8. The van der Waals surface area contributed by atoms with Crippen LogP contribution < -0.4 is 4.90 Å². The summed E-state index contributed by atoms with van der Waals surface area (Å²) in [7, 11) is 0. The highest BCUT2D eigenvalue weighted by Crippen LogP contribution is 2.45. The van der Waals surface area contributed by atoms with E-state index in [2.05, 4.69) is 14.9 Å². The molecule has 24 heavy (non-hydrogen) atoms. The minimum absolute atomic E-state index is 0.0588. The van der Waals surface area contributed by atoms with Crippen LogP contribution in [0.15, 0.2) is 6.07 Å². The molecule has 2 fully saturated rings. The van der Waals surface area contributed by atoms with E-state index in [4.69, 9.17) is 21.6 Å². The predicted molar refractivity (Wildman–Crippen MR) is 88.9 cm³/mol. The number of carbonyl (C=O) groups excluding carboxylic acids is 1. The highest BCUT2D eigenvalue weighted by atomic mass is 35.5. The minimum Gasteiger partial charge on any atom is -0.444 e. The van der Waals surface area contributed by atoms with Gasteiger partial charge >= 0.3 is 6.09 Å². The number of ether oxygens (including phenoxy) is 1. The molecule has 8 heteroatoms. The standard InChI is InChI=1S/C16H20ClN5O2/c1-15(2,3)24-14(23)22-7-6-21(10-16(22)4-5-16)12-8-11(9-18)19-13(17)20-12/h8H,4-7,10H2,1-3H3. The maximum atomic E-state index is 12.5. The lowest BCUT2D eigenvalue weighted by Crippen LogP contribution is -2.58. The quantitative estimate of drug-likeness (QED) is 0.725. The van der Waals surface area contributed by atoms with E-state index < -0.39 is 5.60 Å². The molecule has 0 N–H and O–H groups in total. The van der Waals surface area contributed by atoms with E-state index >= 15 is 0 Å². The average molecular weight is 350 g/mol. The molecule has 0 radical (unpaired) electrons. The number of hydrogen-bond donors (Lipinski definition) is 0. The largest absolute Gasteiger partial charge is 0.444 e. The Balaban J connectivity index is 1.77. The second-order valence-electron chi connectivity index (χ2n) is 7.27. The van der Waals surface area contributed by atoms with E-state index in [0.29, 0.717) is 25.5 Å². The Kier molecular flexibility index (Phi) is 4.04. The second-order valence-corrected chi connectivity index (χ2v) is 7.61. The van der Waals surface area contributed by atoms with Crippen LogP contribution in [0, 0.1) is 11.3 Å². The lowest BCUT2D eigenvalue weighted by atomic mass is 10.1. The molecule has 1 saturated heterocycles. The number of anilines is 1. The topological polar surface area (TPSA) is 82.4 Å². The molecule has 128 valence electrons. The van der Waals surface area contributed by atoms with Crippen molar-refractivity contribution in [3.63, 3.8) is 0 Å². The predicted octanol–water partition coefficient (Wildman–Crippen LogP) is 2.59. The third-order valence-electron chi connectivity index (χ3n) is 4.22. The van der Waals surface area contributed by atoms with E-state index in [1.165, 1.54) is 0 Å². The summed E-state index contributed by atoms with van der Waals surface area (Å²) in [6.45, 7) is 7.43. The minimum atomic E-state index is -0.508. The number of hydrogen-bond acceptors (Lipinski definition) is 6. The summed E-state index contributed by atoms with van der Waals surface area (Å²) >= 11 is 5.90. The van der Waals surface area contributed by atoms with Gasteiger partial charge in [0.1, 0.15) is 23.2 Å². The summed E-state index contributed by atoms with van der Waals surface area (Å²) in [5.74, 6) is 0.627. The molecule has 1 amide bonds. The zero-order chi connectivity index (χ0) is 17.5. The highest BCUT2D eigenvalue weighted by Gasteiger charge is 2.54. The molecular formula is C16H20ClN5O2. The van der Waals surface area contributed by atoms with Crippen molar-refractivity contribution >= 4 is 23.5 Å². The molecular weight excluding hydrogens is 330 g/mol. The van der Waals surface area contributed by atoms with Crippen LogP contribution in [0.1, 0.15) is 39.3 Å². The van der Waals surface area contributed by atoms with Crippen molar-refractivity contribution in [2.75, 3.05) is 24.5 Å². The van der Waals surface area contributed by atoms with E-state index in [9.17, 15) is 4.79 Å². The Hall–Kier alpha value is -2.07. The van der Waals surface area contributed by atoms with Gasteiger partial charge in [-0.2, -0.15) is 5.26 Å². The summed E-state index contributed by atoms with van der Waals surface area (Å²) in [4.78, 5) is 24.4. The molecule has 7 nitrogen and oxygen atoms in total. The molecule has 1 aromatic heterocycles. The molecule has 3 rings (SSSR count). The van der Waals surface area contributed by atoms with E-state index in [0.717, 1.165) is 12.8 Å². The Morgan fingerprint density at radius 3 is 2.67 bits per heavy atom. The fourth-order valence-corrected chi connectivity index (χ4v) is 3.15. The summed E-state index contributed by atoms with van der Waals surface area (Å²) in [6, 6.07) is 3.62. The fraction of sp³-hybridized carbons (Fsp3) is 0.625. The van der Waals surface area contributed by atoms with Crippen molar-refractivity contribution in [1.82, 2.24) is 14.9 Å². The van der Waals surface area contributed by atoms with Gasteiger partial charge in [-0.15, -0.1) is 0 Å². The number of aromatic nitrogens is 2. The van der Waals surface area contributed by atoms with Gasteiger partial charge in [-0.3, -0.25) is 4.90 Å². The van der Waals surface area contributed by atoms with Gasteiger partial charge in [0.25, 0.3) is 0 Å². The first-order valence-electron chi connectivity index (χ1n) is 7.93. The fourth-order valence-electron chi connectivity index (χ4n) is 2.97. The maximum absolute atomic E-state index is 12.5. The Morgan fingerprint density at radius 2 is 2.08 bits per heavy atom. The van der Waals surface area contributed by atoms with Crippen LogP contribution >= 0.6 is 11.6 Å². The van der Waals surface area contributed by atoms with Crippen LogP contribution in [0.3, 0.4) is 0 Å². The van der Waals surface area contributed by atoms with Crippen molar-refractivity contribution in [3.05, 3.63) is 17.0 Å². The SMILES string of the molecule is CC(C)(C)OC(=O)N1CCN(c2cc(C#N)nc(Cl)n2)CC12CC2. The van der Waals surface area contributed by atoms with E-state index in [-0.39, 0.29) is 22.6 Å². The molecule has 1 spiro atoms. The average Bonchev–Trinajstić information content (AvgIpc) is 3.24. The molecule has 2 heterocycles. The van der Waals surface area contributed by atoms with Crippen LogP contribution in [-0.2, 0) is 4.74 Å². The van der Waals surface area contributed by atoms with Crippen LogP contribution in [0.2, 0.25) is 5.28 Å². The first-order chi connectivity index (χ1) is 11.2. The Morgan fingerprint density at radius 1 is 1.38 bits per heavy atom. The molecule has 2 aliphatic rings. The number of halogens is 1. The zero-order valence-corrected chi connectivity index (χ0v) is 14.8. The second kappa shape index (κ2) is 5.78. The highest BCUT2D eigenvalue weighted by molar-refractivity contribution is 6.28. The number of amides is 1. The van der Waals surface area contributed by atoms with Crippen molar-refractivity contribution in [2.45, 2.75) is 44.8 Å². The van der Waals surface area contributed by atoms with Crippen LogP contribution in [0.5, 0.6) is 0 Å². The maximum Gasteiger partial charge on any atom is 0.410 e.